The number of carbonyl (C=O) groups excluding carboxylic acids is 1. The topological polar surface area (TPSA) is 66.0 Å². The Hall–Kier alpha value is -2.42. The number of rotatable bonds is 8. The molecule has 186 valence electrons. The molecule has 2 aromatic rings. The van der Waals surface area contributed by atoms with Crippen LogP contribution in [-0.4, -0.2) is 37.8 Å². The Morgan fingerprint density at radius 3 is 2.66 bits per heavy atom. The van der Waals surface area contributed by atoms with Crippen LogP contribution in [0.2, 0.25) is 0 Å². The fraction of sp³-hybridized carbons (Fsp3) is 0.370. The molecule has 0 fully saturated rings. The van der Waals surface area contributed by atoms with E-state index in [0.29, 0.717) is 17.9 Å². The molecule has 2 aliphatic heterocycles. The first kappa shape index (κ1) is 25.7. The number of hydrogen-bond donors (Lipinski definition) is 1. The van der Waals surface area contributed by atoms with Crippen LogP contribution in [0.25, 0.3) is 16.7 Å². The van der Waals surface area contributed by atoms with Gasteiger partial charge in [-0.05, 0) is 72.5 Å². The number of allylic oxidation sites excluding steroid dienone is 2. The Labute approximate surface area is 219 Å². The van der Waals surface area contributed by atoms with Gasteiger partial charge in [0.05, 0.1) is 12.6 Å². The molecule has 1 atom stereocenters. The molecular formula is C27H30BrNO5S. The second-order valence-corrected chi connectivity index (χ2v) is 11.7. The highest BCUT2D eigenvalue weighted by molar-refractivity contribution is 9.14. The molecular weight excluding hydrogens is 530 g/mol. The summed E-state index contributed by atoms with van der Waals surface area (Å²) in [6.45, 7) is 6.68. The first-order valence-electron chi connectivity index (χ1n) is 11.4. The summed E-state index contributed by atoms with van der Waals surface area (Å²) in [7, 11) is 3.21. The van der Waals surface area contributed by atoms with E-state index in [-0.39, 0.29) is 30.2 Å². The SMILES string of the molecule is COCOc1ccc(-c2ccc3c(c2COC(=O)C2CC=C(Br)S2)C(C)=CC(C)(C)N3)c(OC)c1. The van der Waals surface area contributed by atoms with Gasteiger partial charge in [0.2, 0.25) is 0 Å². The van der Waals surface area contributed by atoms with Crippen molar-refractivity contribution in [3.05, 3.63) is 57.4 Å². The lowest BCUT2D eigenvalue weighted by atomic mass is 9.85. The summed E-state index contributed by atoms with van der Waals surface area (Å²) in [4.78, 5) is 12.9. The van der Waals surface area contributed by atoms with Gasteiger partial charge in [-0.1, -0.05) is 18.2 Å². The highest BCUT2D eigenvalue weighted by atomic mass is 79.9. The number of esters is 1. The van der Waals surface area contributed by atoms with Crippen LogP contribution in [0.4, 0.5) is 5.69 Å². The number of thioether (sulfide) groups is 1. The third-order valence-corrected chi connectivity index (χ3v) is 7.86. The molecule has 0 aliphatic carbocycles. The van der Waals surface area contributed by atoms with Crippen molar-refractivity contribution in [2.24, 2.45) is 0 Å². The fourth-order valence-corrected chi connectivity index (χ4v) is 6.21. The Balaban J connectivity index is 1.75. The minimum Gasteiger partial charge on any atom is -0.496 e. The maximum Gasteiger partial charge on any atom is 0.320 e. The van der Waals surface area contributed by atoms with Crippen molar-refractivity contribution in [1.29, 1.82) is 0 Å². The third kappa shape index (κ3) is 5.71. The summed E-state index contributed by atoms with van der Waals surface area (Å²) < 4.78 is 23.2. The zero-order valence-corrected chi connectivity index (χ0v) is 23.0. The van der Waals surface area contributed by atoms with E-state index in [1.807, 2.05) is 24.3 Å². The number of halogens is 1. The van der Waals surface area contributed by atoms with Crippen LogP contribution >= 0.6 is 27.7 Å². The Morgan fingerprint density at radius 1 is 1.20 bits per heavy atom. The van der Waals surface area contributed by atoms with Crippen molar-refractivity contribution in [1.82, 2.24) is 0 Å². The van der Waals surface area contributed by atoms with Gasteiger partial charge in [0.1, 0.15) is 23.4 Å². The Morgan fingerprint density at radius 2 is 1.97 bits per heavy atom. The molecule has 2 heterocycles. The van der Waals surface area contributed by atoms with E-state index in [9.17, 15) is 4.79 Å². The molecule has 4 rings (SSSR count). The zero-order chi connectivity index (χ0) is 25.2. The maximum atomic E-state index is 12.9. The maximum absolute atomic E-state index is 12.9. The van der Waals surface area contributed by atoms with Gasteiger partial charge < -0.3 is 24.3 Å². The molecule has 6 nitrogen and oxygen atoms in total. The van der Waals surface area contributed by atoms with Crippen molar-refractivity contribution < 1.29 is 23.7 Å². The Kier molecular flexibility index (Phi) is 7.83. The van der Waals surface area contributed by atoms with Crippen molar-refractivity contribution in [2.75, 3.05) is 26.3 Å². The van der Waals surface area contributed by atoms with Crippen molar-refractivity contribution >= 4 is 44.9 Å². The molecule has 0 saturated carbocycles. The second-order valence-electron chi connectivity index (χ2n) is 9.06. The quantitative estimate of drug-likeness (QED) is 0.284. The number of carbonyl (C=O) groups is 1. The first-order valence-corrected chi connectivity index (χ1v) is 13.0. The fourth-order valence-electron chi connectivity index (χ4n) is 4.52. The molecule has 2 aromatic carbocycles. The lowest BCUT2D eigenvalue weighted by molar-refractivity contribution is -0.144. The van der Waals surface area contributed by atoms with E-state index in [0.717, 1.165) is 37.3 Å². The van der Waals surface area contributed by atoms with E-state index in [1.165, 1.54) is 11.8 Å². The first-order chi connectivity index (χ1) is 16.7. The highest BCUT2D eigenvalue weighted by Crippen LogP contribution is 2.44. The smallest absolute Gasteiger partial charge is 0.320 e. The van der Waals surface area contributed by atoms with Gasteiger partial charge >= 0.3 is 5.97 Å². The van der Waals surface area contributed by atoms with E-state index >= 15 is 0 Å². The van der Waals surface area contributed by atoms with Gasteiger partial charge in [-0.25, -0.2) is 0 Å². The Bertz CT molecular complexity index is 1190. The summed E-state index contributed by atoms with van der Waals surface area (Å²) in [5, 5.41) is 3.37. The molecule has 1 unspecified atom stereocenters. The summed E-state index contributed by atoms with van der Waals surface area (Å²) in [6.07, 6.45) is 4.87. The lowest BCUT2D eigenvalue weighted by Crippen LogP contribution is -2.32. The largest absolute Gasteiger partial charge is 0.496 e. The molecule has 0 saturated heterocycles. The van der Waals surface area contributed by atoms with Gasteiger partial charge in [0, 0.05) is 39.4 Å². The van der Waals surface area contributed by atoms with Gasteiger partial charge in [-0.2, -0.15) is 0 Å². The van der Waals surface area contributed by atoms with Gasteiger partial charge in [-0.15, -0.1) is 11.8 Å². The van der Waals surface area contributed by atoms with Crippen LogP contribution in [0.5, 0.6) is 11.5 Å². The van der Waals surface area contributed by atoms with Crippen LogP contribution in [0.15, 0.2) is 46.3 Å². The standard InChI is InChI=1S/C27H30BrNO5S/c1-16-13-27(2,3)29-21-9-8-18(19-7-6-17(34-15-31-4)12-22(19)32-5)20(25(16)21)14-33-26(30)23-10-11-24(28)35-23/h6-9,11-13,23,29H,10,14-15H2,1-5H3. The molecule has 0 amide bonds. The normalized spacial score (nSPS) is 18.2. The minimum atomic E-state index is -0.229. The van der Waals surface area contributed by atoms with Gasteiger partial charge in [-0.3, -0.25) is 4.79 Å². The third-order valence-electron chi connectivity index (χ3n) is 5.92. The highest BCUT2D eigenvalue weighted by Gasteiger charge is 2.29. The molecule has 2 aliphatic rings. The predicted octanol–water partition coefficient (Wildman–Crippen LogP) is 6.74. The molecule has 0 aromatic heterocycles. The molecule has 0 spiro atoms. The number of benzene rings is 2. The van der Waals surface area contributed by atoms with Gasteiger partial charge in [0.15, 0.2) is 6.79 Å². The number of ether oxygens (including phenoxy) is 4. The number of anilines is 1. The van der Waals surface area contributed by atoms with Crippen LogP contribution in [0.3, 0.4) is 0 Å². The second kappa shape index (κ2) is 10.7. The van der Waals surface area contributed by atoms with E-state index in [1.54, 1.807) is 14.2 Å². The number of fused-ring (bicyclic) bond motifs is 1. The average molecular weight is 561 g/mol. The van der Waals surface area contributed by atoms with Crippen LogP contribution in [0, 0.1) is 0 Å². The summed E-state index contributed by atoms with van der Waals surface area (Å²) in [6, 6.07) is 9.82. The molecule has 35 heavy (non-hydrogen) atoms. The lowest BCUT2D eigenvalue weighted by Gasteiger charge is -2.33. The molecule has 0 radical (unpaired) electrons. The van der Waals surface area contributed by atoms with Crippen LogP contribution in [-0.2, 0) is 20.9 Å². The van der Waals surface area contributed by atoms with Crippen molar-refractivity contribution in [3.63, 3.8) is 0 Å². The van der Waals surface area contributed by atoms with Crippen LogP contribution in [0.1, 0.15) is 38.3 Å². The predicted molar refractivity (Wildman–Crippen MR) is 145 cm³/mol. The minimum absolute atomic E-state index is 0.151. The number of nitrogens with one attached hydrogen (secondary N) is 1. The summed E-state index contributed by atoms with van der Waals surface area (Å²) in [5.41, 5.74) is 5.80. The van der Waals surface area contributed by atoms with Crippen LogP contribution < -0.4 is 14.8 Å². The van der Waals surface area contributed by atoms with E-state index in [4.69, 9.17) is 18.9 Å². The van der Waals surface area contributed by atoms with Crippen molar-refractivity contribution in [3.8, 4) is 22.6 Å². The molecule has 0 bridgehead atoms. The zero-order valence-electron chi connectivity index (χ0n) is 20.6. The van der Waals surface area contributed by atoms with E-state index < -0.39 is 0 Å². The number of hydrogen-bond acceptors (Lipinski definition) is 7. The van der Waals surface area contributed by atoms with Crippen molar-refractivity contribution in [2.45, 2.75) is 44.6 Å². The molecule has 1 N–H and O–H groups in total. The van der Waals surface area contributed by atoms with Gasteiger partial charge in [0.25, 0.3) is 0 Å². The monoisotopic (exact) mass is 559 g/mol. The summed E-state index contributed by atoms with van der Waals surface area (Å²) in [5.74, 6) is 1.09. The summed E-state index contributed by atoms with van der Waals surface area (Å²) >= 11 is 4.95. The van der Waals surface area contributed by atoms with E-state index in [2.05, 4.69) is 60.2 Å². The number of methoxy groups -OCH3 is 2. The molecule has 8 heteroatoms. The average Bonchev–Trinajstić information content (AvgIpc) is 3.26.